The first-order valence-corrected chi connectivity index (χ1v) is 12.2. The van der Waals surface area contributed by atoms with Crippen molar-refractivity contribution in [3.8, 4) is 0 Å². The molecule has 2 atom stereocenters. The van der Waals surface area contributed by atoms with Crippen molar-refractivity contribution < 1.29 is 29.1 Å². The van der Waals surface area contributed by atoms with Crippen molar-refractivity contribution in [2.24, 2.45) is 5.41 Å². The van der Waals surface area contributed by atoms with Gasteiger partial charge in [0.25, 0.3) is 0 Å². The zero-order chi connectivity index (χ0) is 26.4. The van der Waals surface area contributed by atoms with Gasteiger partial charge in [-0.3, -0.25) is 0 Å². The van der Waals surface area contributed by atoms with Gasteiger partial charge in [-0.1, -0.05) is 58.0 Å². The zero-order valence-corrected chi connectivity index (χ0v) is 21.9. The SMILES string of the molecule is CC.CC1(C)CCN(CCCNC(=O)N2C(=O)OC(C(=O)O)C2c2ccccc2)CC1.CNOC. The molecule has 0 saturated carbocycles. The highest BCUT2D eigenvalue weighted by atomic mass is 16.6. The number of hydrogen-bond acceptors (Lipinski definition) is 7. The summed E-state index contributed by atoms with van der Waals surface area (Å²) in [4.78, 5) is 44.0. The zero-order valence-electron chi connectivity index (χ0n) is 21.9. The Morgan fingerprint density at radius 3 is 2.26 bits per heavy atom. The van der Waals surface area contributed by atoms with Gasteiger partial charge in [0.05, 0.1) is 7.11 Å². The van der Waals surface area contributed by atoms with Crippen LogP contribution in [-0.4, -0.2) is 79.4 Å². The summed E-state index contributed by atoms with van der Waals surface area (Å²) in [5.41, 5.74) is 3.37. The molecule has 10 nitrogen and oxygen atoms in total. The Balaban J connectivity index is 0.000000926. The largest absolute Gasteiger partial charge is 0.478 e. The van der Waals surface area contributed by atoms with Gasteiger partial charge in [0.1, 0.15) is 6.04 Å². The summed E-state index contributed by atoms with van der Waals surface area (Å²) in [6, 6.07) is 6.97. The first-order chi connectivity index (χ1) is 16.7. The monoisotopic (exact) mass is 494 g/mol. The van der Waals surface area contributed by atoms with Crippen LogP contribution in [0.5, 0.6) is 0 Å². The Hall–Kier alpha value is -2.69. The van der Waals surface area contributed by atoms with E-state index in [9.17, 15) is 19.5 Å². The number of nitrogens with one attached hydrogen (secondary N) is 2. The summed E-state index contributed by atoms with van der Waals surface area (Å²) in [5, 5.41) is 12.2. The van der Waals surface area contributed by atoms with Crippen LogP contribution < -0.4 is 10.8 Å². The molecule has 3 rings (SSSR count). The normalized spacial score (nSPS) is 21.1. The highest BCUT2D eigenvalue weighted by Crippen LogP contribution is 2.33. The molecular weight excluding hydrogens is 452 g/mol. The molecule has 0 aromatic heterocycles. The number of amides is 3. The van der Waals surface area contributed by atoms with Gasteiger partial charge in [0, 0.05) is 13.6 Å². The molecule has 0 spiro atoms. The third-order valence-corrected chi connectivity index (χ3v) is 5.93. The molecule has 0 aliphatic carbocycles. The number of rotatable bonds is 7. The quantitative estimate of drug-likeness (QED) is 0.388. The Kier molecular flexibility index (Phi) is 13.3. The van der Waals surface area contributed by atoms with Gasteiger partial charge in [-0.25, -0.2) is 24.8 Å². The molecule has 0 radical (unpaired) electrons. The van der Waals surface area contributed by atoms with E-state index in [1.54, 1.807) is 44.5 Å². The first-order valence-electron chi connectivity index (χ1n) is 12.2. The van der Waals surface area contributed by atoms with Crippen LogP contribution in [0.4, 0.5) is 9.59 Å². The molecule has 2 heterocycles. The van der Waals surface area contributed by atoms with E-state index in [4.69, 9.17) is 4.74 Å². The second-order valence-electron chi connectivity index (χ2n) is 8.87. The molecule has 35 heavy (non-hydrogen) atoms. The molecule has 2 saturated heterocycles. The molecular formula is C25H42N4O6. The van der Waals surface area contributed by atoms with Crippen molar-refractivity contribution >= 4 is 18.1 Å². The summed E-state index contributed by atoms with van der Waals surface area (Å²) < 4.78 is 4.96. The number of hydroxylamine groups is 1. The van der Waals surface area contributed by atoms with Crippen LogP contribution in [0.15, 0.2) is 30.3 Å². The number of urea groups is 1. The van der Waals surface area contributed by atoms with E-state index in [0.29, 0.717) is 17.5 Å². The number of carboxylic acids is 1. The first kappa shape index (κ1) is 30.3. The van der Waals surface area contributed by atoms with Crippen molar-refractivity contribution in [1.29, 1.82) is 0 Å². The van der Waals surface area contributed by atoms with Crippen LogP contribution in [0.1, 0.15) is 58.6 Å². The summed E-state index contributed by atoms with van der Waals surface area (Å²) >= 11 is 0. The second kappa shape index (κ2) is 15.3. The van der Waals surface area contributed by atoms with Crippen LogP contribution in [0.25, 0.3) is 0 Å². The Morgan fingerprint density at radius 2 is 1.74 bits per heavy atom. The van der Waals surface area contributed by atoms with Crippen LogP contribution in [-0.2, 0) is 14.4 Å². The Labute approximate surface area is 208 Å². The molecule has 2 aliphatic rings. The fourth-order valence-corrected chi connectivity index (χ4v) is 3.81. The molecule has 0 bridgehead atoms. The maximum Gasteiger partial charge on any atom is 0.419 e. The van der Waals surface area contributed by atoms with Crippen molar-refractivity contribution in [3.63, 3.8) is 0 Å². The number of ether oxygens (including phenoxy) is 1. The molecule has 1 aromatic rings. The lowest BCUT2D eigenvalue weighted by molar-refractivity contribution is -0.146. The predicted molar refractivity (Wildman–Crippen MR) is 134 cm³/mol. The molecule has 1 aromatic carbocycles. The van der Waals surface area contributed by atoms with E-state index in [-0.39, 0.29) is 0 Å². The number of cyclic esters (lactones) is 1. The minimum absolute atomic E-state index is 0.397. The Morgan fingerprint density at radius 1 is 1.17 bits per heavy atom. The summed E-state index contributed by atoms with van der Waals surface area (Å²) in [7, 11) is 3.28. The molecule has 198 valence electrons. The second-order valence-corrected chi connectivity index (χ2v) is 8.87. The standard InChI is InChI=1S/C21H29N3O5.C2H7NO.C2H6/c1-21(2)9-13-23(14-10-21)12-6-11-22-19(27)24-16(15-7-4-3-5-8-15)17(18(25)26)29-20(24)28;1-3-4-2;1-2/h3-5,7-8,16-17H,6,9-14H2,1-2H3,(H,22,27)(H,25,26);3H,1-2H3;1-2H3. The molecule has 3 amide bonds. The van der Waals surface area contributed by atoms with Crippen molar-refractivity contribution in [3.05, 3.63) is 35.9 Å². The number of carbonyl (C=O) groups excluding carboxylic acids is 2. The third kappa shape index (κ3) is 9.46. The minimum Gasteiger partial charge on any atom is -0.478 e. The number of likely N-dealkylation sites (tertiary alicyclic amines) is 1. The molecule has 3 N–H and O–H groups in total. The number of piperidine rings is 1. The van der Waals surface area contributed by atoms with Gasteiger partial charge in [-0.15, -0.1) is 0 Å². The highest BCUT2D eigenvalue weighted by molar-refractivity contribution is 5.95. The van der Waals surface area contributed by atoms with Crippen LogP contribution in [0.2, 0.25) is 0 Å². The van der Waals surface area contributed by atoms with Gasteiger partial charge < -0.3 is 24.9 Å². The van der Waals surface area contributed by atoms with E-state index in [2.05, 4.69) is 34.4 Å². The molecule has 2 fully saturated rings. The molecule has 2 aliphatic heterocycles. The smallest absolute Gasteiger partial charge is 0.419 e. The number of nitrogens with zero attached hydrogens (tertiary/aromatic N) is 2. The maximum absolute atomic E-state index is 12.7. The highest BCUT2D eigenvalue weighted by Gasteiger charge is 2.49. The van der Waals surface area contributed by atoms with Gasteiger partial charge in [0.15, 0.2) is 0 Å². The number of benzene rings is 1. The molecule has 10 heteroatoms. The Bertz CT molecular complexity index is 777. The van der Waals surface area contributed by atoms with Gasteiger partial charge in [0.2, 0.25) is 6.10 Å². The van der Waals surface area contributed by atoms with Crippen LogP contribution >= 0.6 is 0 Å². The van der Waals surface area contributed by atoms with Crippen molar-refractivity contribution in [2.45, 2.75) is 59.1 Å². The third-order valence-electron chi connectivity index (χ3n) is 5.93. The van der Waals surface area contributed by atoms with Gasteiger partial charge in [-0.05, 0) is 49.9 Å². The van der Waals surface area contributed by atoms with Gasteiger partial charge in [-0.2, -0.15) is 0 Å². The number of aliphatic carboxylic acids is 1. The van der Waals surface area contributed by atoms with Gasteiger partial charge >= 0.3 is 18.1 Å². The van der Waals surface area contributed by atoms with E-state index in [0.717, 1.165) is 43.8 Å². The number of carboxylic acid groups (broad SMARTS) is 1. The predicted octanol–water partition coefficient (Wildman–Crippen LogP) is 3.65. The number of hydrogen-bond donors (Lipinski definition) is 3. The lowest BCUT2D eigenvalue weighted by Crippen LogP contribution is -2.44. The fraction of sp³-hybridized carbons (Fsp3) is 0.640. The minimum atomic E-state index is -1.42. The number of imide groups is 1. The summed E-state index contributed by atoms with van der Waals surface area (Å²) in [6.07, 6.45) is 0.713. The van der Waals surface area contributed by atoms with Crippen molar-refractivity contribution in [1.82, 2.24) is 20.6 Å². The molecule has 2 unspecified atom stereocenters. The van der Waals surface area contributed by atoms with E-state index in [1.807, 2.05) is 13.8 Å². The summed E-state index contributed by atoms with van der Waals surface area (Å²) in [6.45, 7) is 12.0. The topological polar surface area (TPSA) is 120 Å². The average Bonchev–Trinajstić information content (AvgIpc) is 3.22. The fourth-order valence-electron chi connectivity index (χ4n) is 3.81. The van der Waals surface area contributed by atoms with Crippen LogP contribution in [0, 0.1) is 5.41 Å². The number of carbonyl (C=O) groups is 3. The van der Waals surface area contributed by atoms with E-state index >= 15 is 0 Å². The summed E-state index contributed by atoms with van der Waals surface area (Å²) in [5.74, 6) is -1.28. The van der Waals surface area contributed by atoms with Crippen LogP contribution in [0.3, 0.4) is 0 Å². The lowest BCUT2D eigenvalue weighted by Gasteiger charge is -2.36. The van der Waals surface area contributed by atoms with Crippen molar-refractivity contribution in [2.75, 3.05) is 40.3 Å². The average molecular weight is 495 g/mol. The van der Waals surface area contributed by atoms with E-state index < -0.39 is 30.2 Å². The lowest BCUT2D eigenvalue weighted by atomic mass is 9.83. The maximum atomic E-state index is 12.7. The van der Waals surface area contributed by atoms with E-state index in [1.165, 1.54) is 0 Å².